The van der Waals surface area contributed by atoms with Crippen LogP contribution in [0.3, 0.4) is 0 Å². The number of benzene rings is 1. The number of amides is 1. The monoisotopic (exact) mass is 398 g/mol. The van der Waals surface area contributed by atoms with Crippen LogP contribution in [0, 0.1) is 0 Å². The normalized spacial score (nSPS) is 14.5. The Morgan fingerprint density at radius 2 is 2.19 bits per heavy atom. The second-order valence-corrected chi connectivity index (χ2v) is 7.90. The van der Waals surface area contributed by atoms with Gasteiger partial charge in [-0.2, -0.15) is 16.4 Å². The highest BCUT2D eigenvalue weighted by molar-refractivity contribution is 7.08. The Hall–Kier alpha value is -2.71. The summed E-state index contributed by atoms with van der Waals surface area (Å²) in [6.45, 7) is 4.13. The Morgan fingerprint density at radius 3 is 2.96 bits per heavy atom. The first-order valence-corrected chi connectivity index (χ1v) is 10.3. The number of thiophene rings is 1. The average molecular weight is 399 g/mol. The molecule has 3 aromatic rings. The fourth-order valence-electron chi connectivity index (χ4n) is 2.63. The highest BCUT2D eigenvalue weighted by Gasteiger charge is 2.17. The van der Waals surface area contributed by atoms with Crippen LogP contribution in [0.25, 0.3) is 11.3 Å². The van der Waals surface area contributed by atoms with Crippen molar-refractivity contribution in [2.24, 2.45) is 10.1 Å². The third kappa shape index (κ3) is 3.86. The minimum absolute atomic E-state index is 0.0488. The first-order chi connectivity index (χ1) is 13.1. The van der Waals surface area contributed by atoms with Crippen LogP contribution < -0.4 is 14.9 Å². The molecule has 0 saturated heterocycles. The van der Waals surface area contributed by atoms with Crippen molar-refractivity contribution in [2.75, 3.05) is 11.9 Å². The van der Waals surface area contributed by atoms with Crippen LogP contribution in [0.1, 0.15) is 19.4 Å². The number of ether oxygens (including phenoxy) is 1. The van der Waals surface area contributed by atoms with Crippen molar-refractivity contribution in [3.8, 4) is 17.0 Å². The van der Waals surface area contributed by atoms with Gasteiger partial charge in [-0.1, -0.05) is 0 Å². The van der Waals surface area contributed by atoms with Gasteiger partial charge in [-0.05, 0) is 48.9 Å². The van der Waals surface area contributed by atoms with E-state index < -0.39 is 0 Å². The number of thiazole rings is 1. The van der Waals surface area contributed by atoms with Gasteiger partial charge in [0.15, 0.2) is 6.61 Å². The standard InChI is InChI=1S/C19H18N4O2S2/c1-12(2)21-19-23(20-8-13-5-6-26-10-13)16(11-27-19)14-3-4-17-15(7-14)22-18(24)9-25-17/h3-8,10-12H,9H2,1-2H3,(H,22,24). The van der Waals surface area contributed by atoms with Gasteiger partial charge in [0.1, 0.15) is 5.75 Å². The van der Waals surface area contributed by atoms with Crippen molar-refractivity contribution in [2.45, 2.75) is 19.9 Å². The van der Waals surface area contributed by atoms with Crippen LogP contribution >= 0.6 is 22.7 Å². The molecule has 1 N–H and O–H groups in total. The number of carbonyl (C=O) groups excluding carboxylic acids is 1. The number of aromatic nitrogens is 1. The molecule has 0 saturated carbocycles. The molecule has 1 amide bonds. The van der Waals surface area contributed by atoms with E-state index in [-0.39, 0.29) is 18.6 Å². The Bertz CT molecular complexity index is 1060. The summed E-state index contributed by atoms with van der Waals surface area (Å²) >= 11 is 3.17. The van der Waals surface area contributed by atoms with Gasteiger partial charge in [0, 0.05) is 22.5 Å². The van der Waals surface area contributed by atoms with Gasteiger partial charge in [0.2, 0.25) is 4.80 Å². The van der Waals surface area contributed by atoms with E-state index in [1.807, 2.05) is 65.1 Å². The van der Waals surface area contributed by atoms with Gasteiger partial charge in [0.25, 0.3) is 5.91 Å². The molecule has 27 heavy (non-hydrogen) atoms. The van der Waals surface area contributed by atoms with Crippen molar-refractivity contribution in [3.63, 3.8) is 0 Å². The molecule has 3 heterocycles. The molecule has 1 aliphatic heterocycles. The minimum atomic E-state index is -0.149. The molecule has 138 valence electrons. The number of hydrogen-bond donors (Lipinski definition) is 1. The quantitative estimate of drug-likeness (QED) is 0.679. The lowest BCUT2D eigenvalue weighted by Gasteiger charge is -2.18. The summed E-state index contributed by atoms with van der Waals surface area (Å²) < 4.78 is 7.29. The molecule has 1 aliphatic rings. The van der Waals surface area contributed by atoms with Crippen molar-refractivity contribution >= 4 is 40.5 Å². The Kier molecular flexibility index (Phi) is 4.91. The SMILES string of the molecule is CC(C)N=c1scc(-c2ccc3c(c2)NC(=O)CO3)n1N=Cc1ccsc1. The molecule has 1 aromatic carbocycles. The molecule has 0 atom stereocenters. The van der Waals surface area contributed by atoms with E-state index in [2.05, 4.69) is 15.4 Å². The zero-order valence-corrected chi connectivity index (χ0v) is 16.5. The van der Waals surface area contributed by atoms with Crippen LogP contribution in [0.15, 0.2) is 50.5 Å². The van der Waals surface area contributed by atoms with E-state index in [9.17, 15) is 4.79 Å². The van der Waals surface area contributed by atoms with Gasteiger partial charge in [0.05, 0.1) is 17.6 Å². The highest BCUT2D eigenvalue weighted by Crippen LogP contribution is 2.32. The van der Waals surface area contributed by atoms with Gasteiger partial charge >= 0.3 is 0 Å². The number of carbonyl (C=O) groups is 1. The number of rotatable bonds is 4. The molecule has 0 radical (unpaired) electrons. The summed E-state index contributed by atoms with van der Waals surface area (Å²) in [4.78, 5) is 17.1. The summed E-state index contributed by atoms with van der Waals surface area (Å²) in [5.74, 6) is 0.526. The molecule has 0 aliphatic carbocycles. The van der Waals surface area contributed by atoms with Crippen molar-refractivity contribution in [3.05, 3.63) is 50.8 Å². The predicted molar refractivity (Wildman–Crippen MR) is 110 cm³/mol. The summed E-state index contributed by atoms with van der Waals surface area (Å²) in [6, 6.07) is 7.92. The third-order valence-electron chi connectivity index (χ3n) is 3.83. The lowest BCUT2D eigenvalue weighted by atomic mass is 10.1. The van der Waals surface area contributed by atoms with E-state index >= 15 is 0 Å². The Morgan fingerprint density at radius 1 is 1.30 bits per heavy atom. The van der Waals surface area contributed by atoms with Crippen molar-refractivity contribution < 1.29 is 9.53 Å². The zero-order valence-electron chi connectivity index (χ0n) is 14.9. The maximum Gasteiger partial charge on any atom is 0.262 e. The zero-order chi connectivity index (χ0) is 18.8. The third-order valence-corrected chi connectivity index (χ3v) is 5.36. The molecule has 0 bridgehead atoms. The summed E-state index contributed by atoms with van der Waals surface area (Å²) in [7, 11) is 0. The van der Waals surface area contributed by atoms with Crippen molar-refractivity contribution in [1.29, 1.82) is 0 Å². The van der Waals surface area contributed by atoms with Gasteiger partial charge in [-0.25, -0.2) is 4.68 Å². The molecular formula is C19H18N4O2S2. The summed E-state index contributed by atoms with van der Waals surface area (Å²) in [5.41, 5.74) is 3.56. The summed E-state index contributed by atoms with van der Waals surface area (Å²) in [5, 5.41) is 13.6. The van der Waals surface area contributed by atoms with Crippen LogP contribution in [-0.4, -0.2) is 29.4 Å². The number of nitrogens with zero attached hydrogens (tertiary/aromatic N) is 3. The number of fused-ring (bicyclic) bond motifs is 1. The summed E-state index contributed by atoms with van der Waals surface area (Å²) in [6.07, 6.45) is 1.83. The molecule has 0 fully saturated rings. The number of anilines is 1. The predicted octanol–water partition coefficient (Wildman–Crippen LogP) is 3.80. The molecule has 0 spiro atoms. The van der Waals surface area contributed by atoms with Crippen LogP contribution in [0.5, 0.6) is 5.75 Å². The molecule has 4 rings (SSSR count). The minimum Gasteiger partial charge on any atom is -0.482 e. The van der Waals surface area contributed by atoms with Crippen LogP contribution in [-0.2, 0) is 4.79 Å². The largest absolute Gasteiger partial charge is 0.482 e. The van der Waals surface area contributed by atoms with E-state index in [0.717, 1.165) is 21.6 Å². The van der Waals surface area contributed by atoms with Gasteiger partial charge < -0.3 is 10.1 Å². The van der Waals surface area contributed by atoms with E-state index in [0.29, 0.717) is 11.4 Å². The first-order valence-electron chi connectivity index (χ1n) is 8.48. The topological polar surface area (TPSA) is 68.0 Å². The average Bonchev–Trinajstić information content (AvgIpc) is 3.28. The van der Waals surface area contributed by atoms with Crippen molar-refractivity contribution in [1.82, 2.24) is 4.68 Å². The van der Waals surface area contributed by atoms with E-state index in [1.54, 1.807) is 22.7 Å². The molecule has 6 nitrogen and oxygen atoms in total. The smallest absolute Gasteiger partial charge is 0.262 e. The molecule has 8 heteroatoms. The van der Waals surface area contributed by atoms with Gasteiger partial charge in [-0.15, -0.1) is 11.3 Å². The highest BCUT2D eigenvalue weighted by atomic mass is 32.1. The lowest BCUT2D eigenvalue weighted by Crippen LogP contribution is -2.25. The number of hydrogen-bond acceptors (Lipinski definition) is 6. The second-order valence-electron chi connectivity index (χ2n) is 6.29. The Balaban J connectivity index is 1.80. The maximum atomic E-state index is 11.6. The fraction of sp³-hybridized carbons (Fsp3) is 0.211. The molecular weight excluding hydrogens is 380 g/mol. The van der Waals surface area contributed by atoms with Crippen LogP contribution in [0.2, 0.25) is 0 Å². The maximum absolute atomic E-state index is 11.6. The fourth-order valence-corrected chi connectivity index (χ4v) is 4.22. The second kappa shape index (κ2) is 7.50. The lowest BCUT2D eigenvalue weighted by molar-refractivity contribution is -0.118. The molecule has 0 unspecified atom stereocenters. The van der Waals surface area contributed by atoms with Gasteiger partial charge in [-0.3, -0.25) is 9.79 Å². The first kappa shape index (κ1) is 17.7. The van der Waals surface area contributed by atoms with Crippen LogP contribution in [0.4, 0.5) is 5.69 Å². The van der Waals surface area contributed by atoms with E-state index in [4.69, 9.17) is 4.74 Å². The molecule has 2 aromatic heterocycles. The Labute approximate surface area is 164 Å². The number of nitrogens with one attached hydrogen (secondary N) is 1. The van der Waals surface area contributed by atoms with E-state index in [1.165, 1.54) is 0 Å².